The second-order valence-corrected chi connectivity index (χ2v) is 7.05. The van der Waals surface area contributed by atoms with Gasteiger partial charge < -0.3 is 9.32 Å². The van der Waals surface area contributed by atoms with Gasteiger partial charge in [0.25, 0.3) is 5.56 Å². The summed E-state index contributed by atoms with van der Waals surface area (Å²) in [6.45, 7) is 2.07. The fourth-order valence-electron chi connectivity index (χ4n) is 3.46. The molecule has 0 bridgehead atoms. The number of H-pyrrole nitrogens is 1. The van der Waals surface area contributed by atoms with E-state index >= 15 is 0 Å². The minimum atomic E-state index is -0.519. The van der Waals surface area contributed by atoms with Crippen LogP contribution in [-0.4, -0.2) is 27.4 Å². The van der Waals surface area contributed by atoms with Crippen molar-refractivity contribution < 1.29 is 9.21 Å². The van der Waals surface area contributed by atoms with Crippen LogP contribution in [0.4, 0.5) is 0 Å². The number of nitrogens with one attached hydrogen (secondary N) is 1. The number of fused-ring (bicyclic) bond motifs is 2. The lowest BCUT2D eigenvalue weighted by molar-refractivity contribution is -0.132. The van der Waals surface area contributed by atoms with Gasteiger partial charge in [-0.05, 0) is 31.2 Å². The van der Waals surface area contributed by atoms with Crippen molar-refractivity contribution in [2.24, 2.45) is 0 Å². The molecule has 0 aliphatic carbocycles. The molecule has 1 N–H and O–H groups in total. The van der Waals surface area contributed by atoms with Gasteiger partial charge in [0, 0.05) is 25.4 Å². The molecule has 1 amide bonds. The molecule has 0 fully saturated rings. The van der Waals surface area contributed by atoms with Gasteiger partial charge in [0.1, 0.15) is 11.3 Å². The first-order chi connectivity index (χ1) is 14.0. The second-order valence-electron chi connectivity index (χ2n) is 7.05. The van der Waals surface area contributed by atoms with Crippen molar-refractivity contribution in [2.75, 3.05) is 7.05 Å². The molecule has 2 aromatic carbocycles. The molecule has 0 saturated carbocycles. The molecule has 29 heavy (non-hydrogen) atoms. The van der Waals surface area contributed by atoms with Crippen LogP contribution < -0.4 is 11.2 Å². The summed E-state index contributed by atoms with van der Waals surface area (Å²) in [6, 6.07) is 16.2. The van der Waals surface area contributed by atoms with Crippen molar-refractivity contribution in [3.05, 3.63) is 81.2 Å². The molecule has 1 unspecified atom stereocenters. The highest BCUT2D eigenvalue weighted by Crippen LogP contribution is 2.27. The van der Waals surface area contributed by atoms with E-state index in [9.17, 15) is 14.4 Å². The van der Waals surface area contributed by atoms with Gasteiger partial charge in [0.15, 0.2) is 0 Å². The van der Waals surface area contributed by atoms with E-state index in [0.29, 0.717) is 16.7 Å². The average molecular weight is 391 g/mol. The maximum Gasteiger partial charge on any atom is 0.328 e. The van der Waals surface area contributed by atoms with Gasteiger partial charge in [-0.3, -0.25) is 19.1 Å². The van der Waals surface area contributed by atoms with E-state index in [-0.39, 0.29) is 24.9 Å². The Balaban J connectivity index is 1.53. The summed E-state index contributed by atoms with van der Waals surface area (Å²) in [6.07, 6.45) is 0.122. The number of amides is 1. The lowest BCUT2D eigenvalue weighted by atomic mass is 10.2. The normalized spacial score (nSPS) is 12.3. The number of carbonyl (C=O) groups is 1. The predicted octanol–water partition coefficient (Wildman–Crippen LogP) is 3.05. The zero-order chi connectivity index (χ0) is 20.5. The van der Waals surface area contributed by atoms with Crippen molar-refractivity contribution in [2.45, 2.75) is 25.9 Å². The quantitative estimate of drug-likeness (QED) is 0.566. The fraction of sp³-hybridized carbons (Fsp3) is 0.227. The summed E-state index contributed by atoms with van der Waals surface area (Å²) in [7, 11) is 1.72. The number of hydrogen-bond acceptors (Lipinski definition) is 4. The monoisotopic (exact) mass is 391 g/mol. The Hall–Kier alpha value is -3.61. The fourth-order valence-corrected chi connectivity index (χ4v) is 3.46. The Labute approximate surface area is 166 Å². The number of nitrogens with zero attached hydrogens (tertiary/aromatic N) is 2. The van der Waals surface area contributed by atoms with Gasteiger partial charge in [-0.15, -0.1) is 0 Å². The van der Waals surface area contributed by atoms with Gasteiger partial charge in [-0.1, -0.05) is 30.3 Å². The summed E-state index contributed by atoms with van der Waals surface area (Å²) < 4.78 is 7.29. The lowest BCUT2D eigenvalue weighted by Gasteiger charge is -2.23. The minimum absolute atomic E-state index is 0.122. The standard InChI is InChI=1S/C22H21N3O4/c1-14(19-13-15-7-3-6-10-18(15)29-19)24(2)20(26)11-12-25-17-9-5-4-8-16(17)21(27)23-22(25)28/h3-10,13-14H,11-12H2,1-2H3,(H,23,27,28). The van der Waals surface area contributed by atoms with Crippen LogP contribution in [0.1, 0.15) is 25.1 Å². The molecular formula is C22H21N3O4. The molecule has 7 heteroatoms. The highest BCUT2D eigenvalue weighted by atomic mass is 16.3. The maximum atomic E-state index is 12.8. The summed E-state index contributed by atoms with van der Waals surface area (Å²) in [4.78, 5) is 40.9. The summed E-state index contributed by atoms with van der Waals surface area (Å²) >= 11 is 0. The number of para-hydroxylation sites is 2. The molecule has 0 radical (unpaired) electrons. The first-order valence-electron chi connectivity index (χ1n) is 9.41. The van der Waals surface area contributed by atoms with Gasteiger partial charge in [-0.25, -0.2) is 4.79 Å². The zero-order valence-corrected chi connectivity index (χ0v) is 16.2. The largest absolute Gasteiger partial charge is 0.459 e. The highest BCUT2D eigenvalue weighted by Gasteiger charge is 2.21. The van der Waals surface area contributed by atoms with Gasteiger partial charge in [-0.2, -0.15) is 0 Å². The topological polar surface area (TPSA) is 88.3 Å². The SMILES string of the molecule is CC(c1cc2ccccc2o1)N(C)C(=O)CCn1c(=O)[nH]c(=O)c2ccccc21. The molecule has 2 heterocycles. The number of aromatic amines is 1. The third kappa shape index (κ3) is 3.47. The molecule has 0 spiro atoms. The number of aryl methyl sites for hydroxylation is 1. The Morgan fingerprint density at radius 1 is 1.14 bits per heavy atom. The Bertz CT molecular complexity index is 1280. The summed E-state index contributed by atoms with van der Waals surface area (Å²) in [5.41, 5.74) is 0.349. The first-order valence-corrected chi connectivity index (χ1v) is 9.41. The molecule has 148 valence electrons. The third-order valence-electron chi connectivity index (χ3n) is 5.29. The minimum Gasteiger partial charge on any atom is -0.459 e. The molecule has 7 nitrogen and oxygen atoms in total. The lowest BCUT2D eigenvalue weighted by Crippen LogP contribution is -2.34. The zero-order valence-electron chi connectivity index (χ0n) is 16.2. The highest BCUT2D eigenvalue weighted by molar-refractivity contribution is 5.80. The first kappa shape index (κ1) is 18.7. The number of furan rings is 1. The Morgan fingerprint density at radius 2 is 1.86 bits per heavy atom. The van der Waals surface area contributed by atoms with E-state index in [2.05, 4.69) is 4.98 Å². The van der Waals surface area contributed by atoms with Crippen LogP contribution in [-0.2, 0) is 11.3 Å². The summed E-state index contributed by atoms with van der Waals surface area (Å²) in [5.74, 6) is 0.578. The molecule has 2 aromatic heterocycles. The van der Waals surface area contributed by atoms with Crippen molar-refractivity contribution >= 4 is 27.8 Å². The van der Waals surface area contributed by atoms with Crippen LogP contribution in [0.5, 0.6) is 0 Å². The Morgan fingerprint density at radius 3 is 2.66 bits per heavy atom. The van der Waals surface area contributed by atoms with Crippen molar-refractivity contribution in [3.8, 4) is 0 Å². The number of aromatic nitrogens is 2. The molecule has 0 aliphatic rings. The van der Waals surface area contributed by atoms with Crippen LogP contribution in [0.25, 0.3) is 21.9 Å². The van der Waals surface area contributed by atoms with E-state index in [0.717, 1.165) is 11.0 Å². The number of carbonyl (C=O) groups excluding carboxylic acids is 1. The number of rotatable bonds is 5. The third-order valence-corrected chi connectivity index (χ3v) is 5.29. The summed E-state index contributed by atoms with van der Waals surface area (Å²) in [5, 5.41) is 1.41. The number of hydrogen-bond donors (Lipinski definition) is 1. The van der Waals surface area contributed by atoms with Gasteiger partial charge >= 0.3 is 5.69 Å². The van der Waals surface area contributed by atoms with Crippen LogP contribution in [0, 0.1) is 0 Å². The van der Waals surface area contributed by atoms with Crippen molar-refractivity contribution in [3.63, 3.8) is 0 Å². The average Bonchev–Trinajstić information content (AvgIpc) is 3.16. The maximum absolute atomic E-state index is 12.8. The van der Waals surface area contributed by atoms with Gasteiger partial charge in [0.2, 0.25) is 5.91 Å². The van der Waals surface area contributed by atoms with Crippen LogP contribution in [0.15, 0.2) is 68.6 Å². The van der Waals surface area contributed by atoms with Crippen LogP contribution in [0.3, 0.4) is 0 Å². The molecule has 0 saturated heterocycles. The van der Waals surface area contributed by atoms with Crippen molar-refractivity contribution in [1.82, 2.24) is 14.5 Å². The molecule has 1 atom stereocenters. The second kappa shape index (κ2) is 7.43. The molecular weight excluding hydrogens is 370 g/mol. The van der Waals surface area contributed by atoms with E-state index in [4.69, 9.17) is 4.42 Å². The molecule has 4 rings (SSSR count). The van der Waals surface area contributed by atoms with E-state index in [1.165, 1.54) is 4.57 Å². The molecule has 0 aliphatic heterocycles. The van der Waals surface area contributed by atoms with E-state index in [1.807, 2.05) is 37.3 Å². The van der Waals surface area contributed by atoms with Crippen molar-refractivity contribution in [1.29, 1.82) is 0 Å². The number of benzene rings is 2. The predicted molar refractivity (Wildman–Crippen MR) is 111 cm³/mol. The van der Waals surface area contributed by atoms with Crippen LogP contribution in [0.2, 0.25) is 0 Å². The Kier molecular flexibility index (Phi) is 4.80. The van der Waals surface area contributed by atoms with E-state index < -0.39 is 11.2 Å². The van der Waals surface area contributed by atoms with Gasteiger partial charge in [0.05, 0.1) is 16.9 Å². The van der Waals surface area contributed by atoms with E-state index in [1.54, 1.807) is 36.2 Å². The smallest absolute Gasteiger partial charge is 0.328 e. The van der Waals surface area contributed by atoms with Crippen LogP contribution >= 0.6 is 0 Å². The molecule has 4 aromatic rings.